The van der Waals surface area contributed by atoms with Crippen LogP contribution in [0.2, 0.25) is 0 Å². The van der Waals surface area contributed by atoms with Gasteiger partial charge in [-0.05, 0) is 48.9 Å². The minimum Gasteiger partial charge on any atom is -0.497 e. The first-order valence-corrected chi connectivity index (χ1v) is 11.5. The molecule has 0 fully saturated rings. The van der Waals surface area contributed by atoms with Crippen LogP contribution in [0.15, 0.2) is 83.8 Å². The summed E-state index contributed by atoms with van der Waals surface area (Å²) < 4.78 is 38.4. The van der Waals surface area contributed by atoms with E-state index in [0.29, 0.717) is 17.2 Å². The van der Waals surface area contributed by atoms with Gasteiger partial charge in [0.1, 0.15) is 24.7 Å². The van der Waals surface area contributed by atoms with Crippen LogP contribution in [0.1, 0.15) is 5.56 Å². The molecule has 1 N–H and O–H groups in total. The van der Waals surface area contributed by atoms with Crippen LogP contribution in [-0.2, 0) is 14.8 Å². The van der Waals surface area contributed by atoms with Gasteiger partial charge in [-0.25, -0.2) is 8.42 Å². The zero-order chi connectivity index (χ0) is 23.0. The van der Waals surface area contributed by atoms with Gasteiger partial charge in [-0.3, -0.25) is 9.10 Å². The summed E-state index contributed by atoms with van der Waals surface area (Å²) in [5.74, 6) is 0.860. The zero-order valence-corrected chi connectivity index (χ0v) is 18.8. The van der Waals surface area contributed by atoms with E-state index in [0.717, 1.165) is 9.87 Å². The predicted octanol–water partition coefficient (Wildman–Crippen LogP) is 3.39. The van der Waals surface area contributed by atoms with Gasteiger partial charge in [-0.1, -0.05) is 36.4 Å². The Hall–Kier alpha value is -3.52. The Balaban J connectivity index is 1.67. The lowest BCUT2D eigenvalue weighted by atomic mass is 10.2. The molecule has 0 saturated carbocycles. The fraction of sp³-hybridized carbons (Fsp3) is 0.208. The van der Waals surface area contributed by atoms with Crippen molar-refractivity contribution in [2.24, 2.45) is 0 Å². The number of hydrogen-bond donors (Lipinski definition) is 1. The van der Waals surface area contributed by atoms with Gasteiger partial charge in [-0.2, -0.15) is 0 Å². The van der Waals surface area contributed by atoms with Gasteiger partial charge in [0.2, 0.25) is 5.91 Å². The molecule has 32 heavy (non-hydrogen) atoms. The van der Waals surface area contributed by atoms with E-state index in [-0.39, 0.29) is 24.6 Å². The third-order valence-corrected chi connectivity index (χ3v) is 6.43. The highest BCUT2D eigenvalue weighted by atomic mass is 32.2. The molecular weight excluding hydrogens is 428 g/mol. The van der Waals surface area contributed by atoms with E-state index >= 15 is 0 Å². The summed E-state index contributed by atoms with van der Waals surface area (Å²) in [6.07, 6.45) is 0. The van der Waals surface area contributed by atoms with Crippen molar-refractivity contribution in [2.45, 2.75) is 11.8 Å². The molecular formula is C24H26N2O5S. The van der Waals surface area contributed by atoms with Crippen molar-refractivity contribution in [1.82, 2.24) is 5.32 Å². The van der Waals surface area contributed by atoms with Crippen molar-refractivity contribution >= 4 is 21.6 Å². The number of benzene rings is 3. The lowest BCUT2D eigenvalue weighted by molar-refractivity contribution is -0.119. The van der Waals surface area contributed by atoms with Crippen LogP contribution in [0.4, 0.5) is 5.69 Å². The number of sulfonamides is 1. The second kappa shape index (κ2) is 10.7. The fourth-order valence-corrected chi connectivity index (χ4v) is 4.49. The van der Waals surface area contributed by atoms with Crippen molar-refractivity contribution in [3.05, 3.63) is 84.4 Å². The quantitative estimate of drug-likeness (QED) is 0.475. The van der Waals surface area contributed by atoms with E-state index in [1.165, 1.54) is 12.1 Å². The summed E-state index contributed by atoms with van der Waals surface area (Å²) in [5, 5.41) is 2.72. The zero-order valence-electron chi connectivity index (χ0n) is 18.0. The molecule has 8 heteroatoms. The summed E-state index contributed by atoms with van der Waals surface area (Å²) in [4.78, 5) is 12.7. The number of rotatable bonds is 10. The molecule has 0 aliphatic heterocycles. The van der Waals surface area contributed by atoms with Crippen LogP contribution in [0.5, 0.6) is 11.5 Å². The minimum absolute atomic E-state index is 0.121. The van der Waals surface area contributed by atoms with Gasteiger partial charge in [0.05, 0.1) is 24.2 Å². The molecule has 168 valence electrons. The molecule has 3 rings (SSSR count). The van der Waals surface area contributed by atoms with Crippen molar-refractivity contribution in [3.8, 4) is 11.5 Å². The standard InChI is InChI=1S/C24H26N2O5S/c1-19-8-6-9-20(16-19)26(32(28,29)23-12-4-3-5-13-23)18-24(27)25-14-15-31-22-11-7-10-21(17-22)30-2/h3-13,16-17H,14-15,18H2,1-2H3,(H,25,27). The number of nitrogens with one attached hydrogen (secondary N) is 1. The molecule has 3 aromatic rings. The molecule has 0 spiro atoms. The van der Waals surface area contributed by atoms with Crippen LogP contribution in [0, 0.1) is 6.92 Å². The van der Waals surface area contributed by atoms with Crippen molar-refractivity contribution < 1.29 is 22.7 Å². The Bertz CT molecular complexity index is 1150. The molecule has 7 nitrogen and oxygen atoms in total. The number of aryl methyl sites for hydroxylation is 1. The van der Waals surface area contributed by atoms with E-state index in [2.05, 4.69) is 5.32 Å². The molecule has 0 heterocycles. The van der Waals surface area contributed by atoms with Crippen molar-refractivity contribution in [2.75, 3.05) is 31.1 Å². The average molecular weight is 455 g/mol. The Morgan fingerprint density at radius 3 is 2.38 bits per heavy atom. The van der Waals surface area contributed by atoms with Gasteiger partial charge in [0.25, 0.3) is 10.0 Å². The number of nitrogens with zero attached hydrogens (tertiary/aromatic N) is 1. The maximum absolute atomic E-state index is 13.3. The molecule has 0 atom stereocenters. The molecule has 0 saturated heterocycles. The first kappa shape index (κ1) is 23.1. The highest BCUT2D eigenvalue weighted by molar-refractivity contribution is 7.92. The monoisotopic (exact) mass is 454 g/mol. The topological polar surface area (TPSA) is 84.9 Å². The Labute approximate surface area is 188 Å². The summed E-state index contributed by atoms with van der Waals surface area (Å²) >= 11 is 0. The van der Waals surface area contributed by atoms with Crippen LogP contribution in [-0.4, -0.2) is 41.1 Å². The molecule has 0 aliphatic carbocycles. The summed E-state index contributed by atoms with van der Waals surface area (Å²) in [7, 11) is -2.35. The van der Waals surface area contributed by atoms with Crippen LogP contribution in [0.3, 0.4) is 0 Å². The van der Waals surface area contributed by atoms with Gasteiger partial charge in [0, 0.05) is 6.07 Å². The second-order valence-corrected chi connectivity index (χ2v) is 8.90. The van der Waals surface area contributed by atoms with E-state index in [4.69, 9.17) is 9.47 Å². The summed E-state index contributed by atoms with van der Waals surface area (Å²) in [5.41, 5.74) is 1.32. The largest absolute Gasteiger partial charge is 0.497 e. The lowest BCUT2D eigenvalue weighted by Gasteiger charge is -2.24. The number of ether oxygens (including phenoxy) is 2. The number of carbonyl (C=O) groups excluding carboxylic acids is 1. The third kappa shape index (κ3) is 6.01. The third-order valence-electron chi connectivity index (χ3n) is 4.64. The number of hydrogen-bond acceptors (Lipinski definition) is 5. The molecule has 0 aromatic heterocycles. The summed E-state index contributed by atoms with van der Waals surface area (Å²) in [6.45, 7) is 1.98. The SMILES string of the molecule is COc1cccc(OCCNC(=O)CN(c2cccc(C)c2)S(=O)(=O)c2ccccc2)c1. The van der Waals surface area contributed by atoms with Gasteiger partial charge in [-0.15, -0.1) is 0 Å². The first-order chi connectivity index (χ1) is 15.4. The number of amides is 1. The highest BCUT2D eigenvalue weighted by Crippen LogP contribution is 2.24. The number of anilines is 1. The van der Waals surface area contributed by atoms with Crippen LogP contribution in [0.25, 0.3) is 0 Å². The van der Waals surface area contributed by atoms with Crippen LogP contribution < -0.4 is 19.1 Å². The van der Waals surface area contributed by atoms with E-state index in [1.54, 1.807) is 61.7 Å². The summed E-state index contributed by atoms with van der Waals surface area (Å²) in [6, 6.07) is 22.2. The predicted molar refractivity (Wildman–Crippen MR) is 124 cm³/mol. The van der Waals surface area contributed by atoms with E-state index in [1.807, 2.05) is 19.1 Å². The molecule has 3 aromatic carbocycles. The van der Waals surface area contributed by atoms with Crippen molar-refractivity contribution in [3.63, 3.8) is 0 Å². The number of carbonyl (C=O) groups is 1. The second-order valence-electron chi connectivity index (χ2n) is 7.04. The van der Waals surface area contributed by atoms with Gasteiger partial charge >= 0.3 is 0 Å². The minimum atomic E-state index is -3.92. The lowest BCUT2D eigenvalue weighted by Crippen LogP contribution is -2.42. The normalized spacial score (nSPS) is 10.9. The first-order valence-electron chi connectivity index (χ1n) is 10.1. The van der Waals surface area contributed by atoms with E-state index < -0.39 is 15.9 Å². The van der Waals surface area contributed by atoms with Crippen LogP contribution >= 0.6 is 0 Å². The highest BCUT2D eigenvalue weighted by Gasteiger charge is 2.27. The fourth-order valence-electron chi connectivity index (χ4n) is 3.05. The van der Waals surface area contributed by atoms with Gasteiger partial charge in [0.15, 0.2) is 0 Å². The number of methoxy groups -OCH3 is 1. The Kier molecular flexibility index (Phi) is 7.72. The van der Waals surface area contributed by atoms with Crippen molar-refractivity contribution in [1.29, 1.82) is 0 Å². The van der Waals surface area contributed by atoms with E-state index in [9.17, 15) is 13.2 Å². The maximum Gasteiger partial charge on any atom is 0.264 e. The molecule has 1 amide bonds. The Morgan fingerprint density at radius 1 is 0.938 bits per heavy atom. The molecule has 0 aliphatic rings. The molecule has 0 bridgehead atoms. The maximum atomic E-state index is 13.3. The van der Waals surface area contributed by atoms with Gasteiger partial charge < -0.3 is 14.8 Å². The Morgan fingerprint density at radius 2 is 1.66 bits per heavy atom. The molecule has 0 unspecified atom stereocenters. The molecule has 0 radical (unpaired) electrons. The average Bonchev–Trinajstić information content (AvgIpc) is 2.81. The smallest absolute Gasteiger partial charge is 0.264 e.